The quantitative estimate of drug-likeness (QED) is 0.230. The van der Waals surface area contributed by atoms with Gasteiger partial charge in [-0.1, -0.05) is 26.5 Å². The number of carbonyl (C=O) groups is 2. The van der Waals surface area contributed by atoms with Crippen molar-refractivity contribution in [1.82, 2.24) is 0 Å². The summed E-state index contributed by atoms with van der Waals surface area (Å²) in [6.07, 6.45) is 10.9. The predicted molar refractivity (Wildman–Crippen MR) is 104 cm³/mol. The fourth-order valence-corrected chi connectivity index (χ4v) is 2.77. The number of terminal acetylenes is 1. The van der Waals surface area contributed by atoms with E-state index in [1.165, 1.54) is 6.08 Å². The molecule has 0 radical (unpaired) electrons. The van der Waals surface area contributed by atoms with Crippen LogP contribution in [0.4, 0.5) is 0 Å². The first-order valence-electron chi connectivity index (χ1n) is 9.00. The molecule has 0 saturated heterocycles. The highest BCUT2D eigenvalue weighted by atomic mass is 16.5. The minimum atomic E-state index is -0.557. The van der Waals surface area contributed by atoms with Crippen molar-refractivity contribution < 1.29 is 14.3 Å². The average Bonchev–Trinajstić information content (AvgIpc) is 2.52. The molecule has 0 saturated carbocycles. The first kappa shape index (κ1) is 23.2. The summed E-state index contributed by atoms with van der Waals surface area (Å²) in [6.45, 7) is 17.0. The monoisotopic (exact) mass is 346 g/mol. The Balaban J connectivity index is 5.13. The highest BCUT2D eigenvalue weighted by Crippen LogP contribution is 2.31. The number of ether oxygens (including phenoxy) is 1. The highest BCUT2D eigenvalue weighted by Gasteiger charge is 2.30. The van der Waals surface area contributed by atoms with Gasteiger partial charge in [0.1, 0.15) is 6.10 Å². The van der Waals surface area contributed by atoms with E-state index in [1.54, 1.807) is 6.08 Å². The predicted octanol–water partition coefficient (Wildman–Crippen LogP) is 4.97. The van der Waals surface area contributed by atoms with Gasteiger partial charge < -0.3 is 4.74 Å². The van der Waals surface area contributed by atoms with Crippen molar-refractivity contribution in [3.63, 3.8) is 0 Å². The summed E-state index contributed by atoms with van der Waals surface area (Å²) in [6, 6.07) is 0. The number of hydrogen-bond donors (Lipinski definition) is 0. The second kappa shape index (κ2) is 10.9. The van der Waals surface area contributed by atoms with E-state index in [1.807, 2.05) is 20.8 Å². The first-order valence-corrected chi connectivity index (χ1v) is 9.00. The standard InChI is InChI=1S/C22H34O3/c1-9-12-19(25-21(24)22(6,7)8)15-17(10-2)20(16(4)5)14-13-18(23)11-3/h2,9,11,16-17,19-20H,1,3,12-15H2,4-8H3/t17-,19-,20+/m0/s1. The Kier molecular flexibility index (Phi) is 10.1. The lowest BCUT2D eigenvalue weighted by atomic mass is 9.77. The summed E-state index contributed by atoms with van der Waals surface area (Å²) in [7, 11) is 0. The summed E-state index contributed by atoms with van der Waals surface area (Å²) in [5.41, 5.74) is -0.557. The molecule has 0 N–H and O–H groups in total. The number of allylic oxidation sites excluding steroid dienone is 1. The third kappa shape index (κ3) is 8.72. The molecule has 0 bridgehead atoms. The largest absolute Gasteiger partial charge is 0.462 e. The van der Waals surface area contributed by atoms with E-state index < -0.39 is 5.41 Å². The summed E-state index contributed by atoms with van der Waals surface area (Å²) in [5.74, 6) is 3.12. The molecule has 0 aromatic heterocycles. The number of carbonyl (C=O) groups excluding carboxylic acids is 2. The normalized spacial score (nSPS) is 14.9. The topological polar surface area (TPSA) is 43.4 Å². The molecule has 3 atom stereocenters. The molecule has 0 fully saturated rings. The molecule has 140 valence electrons. The van der Waals surface area contributed by atoms with E-state index in [0.717, 1.165) is 0 Å². The average molecular weight is 347 g/mol. The van der Waals surface area contributed by atoms with Crippen LogP contribution in [0.2, 0.25) is 0 Å². The molecule has 0 spiro atoms. The van der Waals surface area contributed by atoms with Crippen LogP contribution in [0.1, 0.15) is 60.3 Å². The van der Waals surface area contributed by atoms with Crippen LogP contribution in [0.3, 0.4) is 0 Å². The summed E-state index contributed by atoms with van der Waals surface area (Å²) in [5, 5.41) is 0. The van der Waals surface area contributed by atoms with Gasteiger partial charge in [0.25, 0.3) is 0 Å². The van der Waals surface area contributed by atoms with Crippen molar-refractivity contribution in [2.45, 2.75) is 66.4 Å². The number of ketones is 1. The lowest BCUT2D eigenvalue weighted by molar-refractivity contribution is -0.159. The van der Waals surface area contributed by atoms with Gasteiger partial charge in [-0.3, -0.25) is 9.59 Å². The van der Waals surface area contributed by atoms with Gasteiger partial charge in [-0.05, 0) is 51.5 Å². The van der Waals surface area contributed by atoms with E-state index in [0.29, 0.717) is 31.6 Å². The maximum atomic E-state index is 12.2. The van der Waals surface area contributed by atoms with Gasteiger partial charge in [-0.25, -0.2) is 0 Å². The molecular weight excluding hydrogens is 312 g/mol. The molecule has 0 aromatic carbocycles. The fraction of sp³-hybridized carbons (Fsp3) is 0.636. The van der Waals surface area contributed by atoms with Crippen LogP contribution in [0.15, 0.2) is 25.3 Å². The Hall–Kier alpha value is -1.82. The Bertz CT molecular complexity index is 502. The molecule has 3 nitrogen and oxygen atoms in total. The molecule has 25 heavy (non-hydrogen) atoms. The molecule has 0 aliphatic rings. The summed E-state index contributed by atoms with van der Waals surface area (Å²) in [4.78, 5) is 23.8. The molecule has 0 aromatic rings. The van der Waals surface area contributed by atoms with Gasteiger partial charge in [-0.15, -0.1) is 18.9 Å². The van der Waals surface area contributed by atoms with Crippen LogP contribution >= 0.6 is 0 Å². The maximum Gasteiger partial charge on any atom is 0.311 e. The molecule has 3 heteroatoms. The number of rotatable bonds is 11. The molecule has 0 aliphatic carbocycles. The molecule has 0 heterocycles. The van der Waals surface area contributed by atoms with E-state index in [4.69, 9.17) is 11.2 Å². The van der Waals surface area contributed by atoms with Crippen molar-refractivity contribution in [2.24, 2.45) is 23.2 Å². The first-order chi connectivity index (χ1) is 11.6. The van der Waals surface area contributed by atoms with Crippen molar-refractivity contribution >= 4 is 11.8 Å². The van der Waals surface area contributed by atoms with Crippen molar-refractivity contribution in [3.05, 3.63) is 25.3 Å². The van der Waals surface area contributed by atoms with E-state index in [2.05, 4.69) is 32.9 Å². The Morgan fingerprint density at radius 2 is 1.84 bits per heavy atom. The second-order valence-corrected chi connectivity index (χ2v) is 7.93. The zero-order valence-electron chi connectivity index (χ0n) is 16.5. The molecular formula is C22H34O3. The summed E-state index contributed by atoms with van der Waals surface area (Å²) < 4.78 is 5.68. The van der Waals surface area contributed by atoms with E-state index >= 15 is 0 Å². The molecule has 0 rings (SSSR count). The van der Waals surface area contributed by atoms with Crippen LogP contribution < -0.4 is 0 Å². The Morgan fingerprint density at radius 3 is 2.24 bits per heavy atom. The SMILES string of the molecule is C#C[C@@H](C[C@H](CC=C)OC(=O)C(C)(C)C)[C@H](CCC(=O)C=C)C(C)C. The minimum absolute atomic E-state index is 0.0308. The maximum absolute atomic E-state index is 12.2. The summed E-state index contributed by atoms with van der Waals surface area (Å²) >= 11 is 0. The Labute approximate surface area is 153 Å². The van der Waals surface area contributed by atoms with Crippen molar-refractivity contribution in [1.29, 1.82) is 0 Å². The second-order valence-electron chi connectivity index (χ2n) is 7.93. The van der Waals surface area contributed by atoms with Crippen LogP contribution in [-0.2, 0) is 14.3 Å². The van der Waals surface area contributed by atoms with Gasteiger partial charge in [0.15, 0.2) is 5.78 Å². The number of hydrogen-bond acceptors (Lipinski definition) is 3. The zero-order chi connectivity index (χ0) is 19.6. The van der Waals surface area contributed by atoms with Gasteiger partial charge in [-0.2, -0.15) is 0 Å². The van der Waals surface area contributed by atoms with Crippen LogP contribution in [-0.4, -0.2) is 17.9 Å². The van der Waals surface area contributed by atoms with Crippen LogP contribution in [0.5, 0.6) is 0 Å². The lowest BCUT2D eigenvalue weighted by Gasteiger charge is -2.30. The third-order valence-electron chi connectivity index (χ3n) is 4.37. The van der Waals surface area contributed by atoms with Crippen molar-refractivity contribution in [2.75, 3.05) is 0 Å². The van der Waals surface area contributed by atoms with Crippen LogP contribution in [0.25, 0.3) is 0 Å². The van der Waals surface area contributed by atoms with Gasteiger partial charge in [0.2, 0.25) is 0 Å². The molecule has 0 aliphatic heterocycles. The smallest absolute Gasteiger partial charge is 0.311 e. The van der Waals surface area contributed by atoms with Crippen molar-refractivity contribution in [3.8, 4) is 12.3 Å². The lowest BCUT2D eigenvalue weighted by Crippen LogP contribution is -2.31. The van der Waals surface area contributed by atoms with E-state index in [-0.39, 0.29) is 29.7 Å². The minimum Gasteiger partial charge on any atom is -0.462 e. The van der Waals surface area contributed by atoms with Crippen LogP contribution in [0, 0.1) is 35.5 Å². The zero-order valence-corrected chi connectivity index (χ0v) is 16.5. The van der Waals surface area contributed by atoms with E-state index in [9.17, 15) is 9.59 Å². The van der Waals surface area contributed by atoms with Gasteiger partial charge in [0.05, 0.1) is 5.41 Å². The highest BCUT2D eigenvalue weighted by molar-refractivity contribution is 5.88. The molecule has 0 amide bonds. The Morgan fingerprint density at radius 1 is 1.24 bits per heavy atom. The van der Waals surface area contributed by atoms with Gasteiger partial charge in [0, 0.05) is 18.8 Å². The molecule has 0 unspecified atom stereocenters. The van der Waals surface area contributed by atoms with Gasteiger partial charge >= 0.3 is 5.97 Å². The fourth-order valence-electron chi connectivity index (χ4n) is 2.77. The third-order valence-corrected chi connectivity index (χ3v) is 4.37. The number of esters is 1.